The molecule has 1 aromatic rings. The summed E-state index contributed by atoms with van der Waals surface area (Å²) in [5, 5.41) is 0. The molecule has 0 aromatic heterocycles. The van der Waals surface area contributed by atoms with Gasteiger partial charge in [0.15, 0.2) is 11.5 Å². The molecule has 0 unspecified atom stereocenters. The molecule has 0 saturated heterocycles. The van der Waals surface area contributed by atoms with E-state index in [1.165, 1.54) is 33.5 Å². The molecule has 96 valence electrons. The third-order valence-electron chi connectivity index (χ3n) is 2.06. The van der Waals surface area contributed by atoms with E-state index in [1.54, 1.807) is 0 Å². The number of benzene rings is 1. The smallest absolute Gasteiger partial charge is 0.306 e. The van der Waals surface area contributed by atoms with Gasteiger partial charge in [-0.05, 0) is 17.7 Å². The molecule has 0 fully saturated rings. The molecule has 5 nitrogen and oxygen atoms in total. The van der Waals surface area contributed by atoms with E-state index in [0.717, 1.165) is 0 Å². The highest BCUT2D eigenvalue weighted by molar-refractivity contribution is 7.85. The number of halogens is 1. The van der Waals surface area contributed by atoms with Gasteiger partial charge in [0, 0.05) is 0 Å². The molecule has 0 aliphatic heterocycles. The molecule has 0 N–H and O–H groups in total. The van der Waals surface area contributed by atoms with Gasteiger partial charge in [0.1, 0.15) is 5.75 Å². The van der Waals surface area contributed by atoms with Gasteiger partial charge in [0.2, 0.25) is 5.75 Å². The van der Waals surface area contributed by atoms with Crippen LogP contribution in [0.15, 0.2) is 12.1 Å². The van der Waals surface area contributed by atoms with Crippen LogP contribution in [0, 0.1) is 0 Å². The van der Waals surface area contributed by atoms with Crippen LogP contribution in [0.3, 0.4) is 0 Å². The lowest BCUT2D eigenvalue weighted by Crippen LogP contribution is -2.00. The van der Waals surface area contributed by atoms with E-state index in [0.29, 0.717) is 5.75 Å². The second kappa shape index (κ2) is 5.22. The molecule has 0 spiro atoms. The van der Waals surface area contributed by atoms with Gasteiger partial charge >= 0.3 is 10.2 Å². The van der Waals surface area contributed by atoms with Crippen LogP contribution in [0.4, 0.5) is 3.89 Å². The van der Waals surface area contributed by atoms with Crippen LogP contribution in [-0.2, 0) is 16.0 Å². The summed E-state index contributed by atoms with van der Waals surface area (Å²) in [6.07, 6.45) is 0. The van der Waals surface area contributed by atoms with Crippen LogP contribution < -0.4 is 14.2 Å². The van der Waals surface area contributed by atoms with Crippen LogP contribution in [0.2, 0.25) is 0 Å². The van der Waals surface area contributed by atoms with Crippen molar-refractivity contribution < 1.29 is 26.5 Å². The highest BCUT2D eigenvalue weighted by atomic mass is 32.3. The van der Waals surface area contributed by atoms with E-state index in [2.05, 4.69) is 0 Å². The summed E-state index contributed by atoms with van der Waals surface area (Å²) in [7, 11) is -0.388. The molecule has 0 heterocycles. The van der Waals surface area contributed by atoms with Gasteiger partial charge < -0.3 is 14.2 Å². The summed E-state index contributed by atoms with van der Waals surface area (Å²) in [6.45, 7) is 0. The van der Waals surface area contributed by atoms with Gasteiger partial charge in [0.25, 0.3) is 0 Å². The van der Waals surface area contributed by atoms with E-state index < -0.39 is 16.0 Å². The fourth-order valence-electron chi connectivity index (χ4n) is 1.42. The molecule has 0 bridgehead atoms. The van der Waals surface area contributed by atoms with Crippen molar-refractivity contribution in [3.05, 3.63) is 17.7 Å². The minimum Gasteiger partial charge on any atom is -0.493 e. The van der Waals surface area contributed by atoms with Crippen molar-refractivity contribution in [1.29, 1.82) is 0 Å². The minimum absolute atomic E-state index is 0.224. The predicted molar refractivity (Wildman–Crippen MR) is 59.8 cm³/mol. The van der Waals surface area contributed by atoms with Crippen molar-refractivity contribution in [2.45, 2.75) is 5.75 Å². The fraction of sp³-hybridized carbons (Fsp3) is 0.400. The number of ether oxygens (including phenoxy) is 3. The van der Waals surface area contributed by atoms with E-state index in [9.17, 15) is 12.3 Å². The minimum atomic E-state index is -4.60. The van der Waals surface area contributed by atoms with Crippen molar-refractivity contribution in [2.75, 3.05) is 21.3 Å². The maximum Gasteiger partial charge on any atom is 0.306 e. The van der Waals surface area contributed by atoms with Crippen molar-refractivity contribution >= 4 is 10.2 Å². The Labute approximate surface area is 99.3 Å². The number of hydrogen-bond acceptors (Lipinski definition) is 5. The van der Waals surface area contributed by atoms with Crippen LogP contribution in [0.5, 0.6) is 17.2 Å². The first-order valence-corrected chi connectivity index (χ1v) is 6.17. The molecule has 0 amide bonds. The van der Waals surface area contributed by atoms with E-state index in [1.807, 2.05) is 0 Å². The average Bonchev–Trinajstić information content (AvgIpc) is 2.25. The SMILES string of the molecule is COc1cc(CS(=O)(=O)F)cc(OC)c1OC. The van der Waals surface area contributed by atoms with Crippen molar-refractivity contribution in [2.24, 2.45) is 0 Å². The predicted octanol–water partition coefficient (Wildman–Crippen LogP) is 1.51. The quantitative estimate of drug-likeness (QED) is 0.754. The molecule has 0 saturated carbocycles. The van der Waals surface area contributed by atoms with Crippen LogP contribution in [0.25, 0.3) is 0 Å². The van der Waals surface area contributed by atoms with Crippen molar-refractivity contribution in [3.8, 4) is 17.2 Å². The lowest BCUT2D eigenvalue weighted by atomic mass is 10.2. The molecule has 1 rings (SSSR count). The van der Waals surface area contributed by atoms with Crippen LogP contribution >= 0.6 is 0 Å². The van der Waals surface area contributed by atoms with E-state index in [-0.39, 0.29) is 17.1 Å². The monoisotopic (exact) mass is 264 g/mol. The number of rotatable bonds is 5. The molecule has 7 heteroatoms. The van der Waals surface area contributed by atoms with Gasteiger partial charge in [-0.2, -0.15) is 8.42 Å². The summed E-state index contributed by atoms with van der Waals surface area (Å²) in [6, 6.07) is 2.77. The lowest BCUT2D eigenvalue weighted by Gasteiger charge is -2.13. The Hall–Kier alpha value is -1.50. The molecule has 0 aliphatic rings. The molecule has 0 aliphatic carbocycles. The molecular formula is C10H13FO5S. The maximum absolute atomic E-state index is 12.6. The van der Waals surface area contributed by atoms with Crippen molar-refractivity contribution in [1.82, 2.24) is 0 Å². The summed E-state index contributed by atoms with van der Waals surface area (Å²) in [4.78, 5) is 0. The normalized spacial score (nSPS) is 11.1. The number of methoxy groups -OCH3 is 3. The topological polar surface area (TPSA) is 61.8 Å². The lowest BCUT2D eigenvalue weighted by molar-refractivity contribution is 0.324. The first kappa shape index (κ1) is 13.6. The Morgan fingerprint density at radius 2 is 1.53 bits per heavy atom. The van der Waals surface area contributed by atoms with Gasteiger partial charge in [0.05, 0.1) is 21.3 Å². The summed E-state index contributed by atoms with van der Waals surface area (Å²) >= 11 is 0. The number of hydrogen-bond donors (Lipinski definition) is 0. The Morgan fingerprint density at radius 1 is 1.06 bits per heavy atom. The Bertz CT molecular complexity index is 472. The summed E-state index contributed by atoms with van der Waals surface area (Å²) in [5.41, 5.74) is 0.224. The largest absolute Gasteiger partial charge is 0.493 e. The third kappa shape index (κ3) is 3.48. The summed E-state index contributed by atoms with van der Waals surface area (Å²) in [5.74, 6) is 0.162. The molecule has 1 aromatic carbocycles. The van der Waals surface area contributed by atoms with Crippen LogP contribution in [0.1, 0.15) is 5.56 Å². The second-order valence-corrected chi connectivity index (χ2v) is 4.58. The third-order valence-corrected chi connectivity index (χ3v) is 2.74. The zero-order chi connectivity index (χ0) is 13.1. The highest BCUT2D eigenvalue weighted by Gasteiger charge is 2.16. The molecule has 17 heavy (non-hydrogen) atoms. The Balaban J connectivity index is 3.27. The van der Waals surface area contributed by atoms with Gasteiger partial charge in [-0.3, -0.25) is 0 Å². The van der Waals surface area contributed by atoms with Gasteiger partial charge in [-0.25, -0.2) is 0 Å². The molecule has 0 radical (unpaired) electrons. The highest BCUT2D eigenvalue weighted by Crippen LogP contribution is 2.38. The first-order chi connectivity index (χ1) is 7.91. The zero-order valence-corrected chi connectivity index (χ0v) is 10.5. The maximum atomic E-state index is 12.6. The molecular weight excluding hydrogens is 251 g/mol. The summed E-state index contributed by atoms with van der Waals surface area (Å²) < 4.78 is 48.8. The van der Waals surface area contributed by atoms with E-state index in [4.69, 9.17) is 14.2 Å². The Kier molecular flexibility index (Phi) is 4.17. The first-order valence-electron chi connectivity index (χ1n) is 4.62. The zero-order valence-electron chi connectivity index (χ0n) is 9.69. The fourth-order valence-corrected chi connectivity index (χ4v) is 1.98. The molecule has 0 atom stereocenters. The standard InChI is InChI=1S/C10H13FO5S/c1-14-8-4-7(6-17(11,12)13)5-9(15-2)10(8)16-3/h4-5H,6H2,1-3H3. The van der Waals surface area contributed by atoms with Gasteiger partial charge in [-0.15, -0.1) is 3.89 Å². The van der Waals surface area contributed by atoms with Crippen LogP contribution in [-0.4, -0.2) is 29.7 Å². The van der Waals surface area contributed by atoms with E-state index >= 15 is 0 Å². The van der Waals surface area contributed by atoms with Crippen molar-refractivity contribution in [3.63, 3.8) is 0 Å². The second-order valence-electron chi connectivity index (χ2n) is 3.22. The average molecular weight is 264 g/mol. The Morgan fingerprint density at radius 3 is 1.82 bits per heavy atom. The van der Waals surface area contributed by atoms with Gasteiger partial charge in [-0.1, -0.05) is 0 Å².